The van der Waals surface area contributed by atoms with Crippen molar-refractivity contribution in [2.75, 3.05) is 31.5 Å². The molecule has 2 fully saturated rings. The molecule has 0 aromatic heterocycles. The molecule has 1 N–H and O–H groups in total. The van der Waals surface area contributed by atoms with Gasteiger partial charge in [0.25, 0.3) is 11.6 Å². The van der Waals surface area contributed by atoms with Gasteiger partial charge in [0.1, 0.15) is 0 Å². The normalized spacial score (nSPS) is 18.0. The maximum absolute atomic E-state index is 13.3. The number of anilines is 1. The second-order valence-electron chi connectivity index (χ2n) is 9.08. The molecule has 1 saturated heterocycles. The quantitative estimate of drug-likeness (QED) is 0.480. The number of piperazine rings is 1. The summed E-state index contributed by atoms with van der Waals surface area (Å²) >= 11 is 6.08. The van der Waals surface area contributed by atoms with Gasteiger partial charge in [-0.15, -0.1) is 0 Å². The molecule has 1 atom stereocenters. The van der Waals surface area contributed by atoms with Crippen LogP contribution in [0.5, 0.6) is 0 Å². The lowest BCUT2D eigenvalue weighted by atomic mass is 9.94. The molecule has 1 aliphatic heterocycles. The van der Waals surface area contributed by atoms with E-state index in [9.17, 15) is 19.7 Å². The predicted octanol–water partition coefficient (Wildman–Crippen LogP) is 4.51. The van der Waals surface area contributed by atoms with Gasteiger partial charge in [-0.25, -0.2) is 0 Å². The summed E-state index contributed by atoms with van der Waals surface area (Å²) < 4.78 is 0. The number of halogens is 1. The highest BCUT2D eigenvalue weighted by Gasteiger charge is 2.37. The summed E-state index contributed by atoms with van der Waals surface area (Å²) in [5.41, 5.74) is 1.46. The Morgan fingerprint density at radius 1 is 1.09 bits per heavy atom. The van der Waals surface area contributed by atoms with Crippen molar-refractivity contribution in [2.24, 2.45) is 5.92 Å². The number of nitro groups is 1. The van der Waals surface area contributed by atoms with Crippen LogP contribution in [-0.2, 0) is 4.79 Å². The van der Waals surface area contributed by atoms with Crippen molar-refractivity contribution >= 4 is 34.8 Å². The number of hydrogen-bond donors (Lipinski definition) is 1. The number of nitrogens with one attached hydrogen (secondary N) is 1. The van der Waals surface area contributed by atoms with E-state index in [0.717, 1.165) is 25.7 Å². The fraction of sp³-hybridized carbons (Fsp3) is 0.440. The van der Waals surface area contributed by atoms with Crippen LogP contribution in [0.2, 0.25) is 5.02 Å². The van der Waals surface area contributed by atoms with E-state index in [0.29, 0.717) is 48.0 Å². The standard InChI is InChI=1S/C25H29ClN4O4/c1-17-9-10-19(15-22(17)30(33)34)25(32)29-13-11-28(12-14-29)23(18-5-2-3-6-18)24(31)27-21-8-4-7-20(26)16-21/h4,7-10,15-16,18,23H,2-3,5-6,11-14H2,1H3,(H,27,31)/t23-/m1/s1. The number of nitro benzene ring substituents is 1. The summed E-state index contributed by atoms with van der Waals surface area (Å²) in [7, 11) is 0. The third-order valence-electron chi connectivity index (χ3n) is 6.85. The van der Waals surface area contributed by atoms with E-state index < -0.39 is 4.92 Å². The average Bonchev–Trinajstić information content (AvgIpc) is 3.33. The number of rotatable bonds is 6. The third kappa shape index (κ3) is 5.39. The van der Waals surface area contributed by atoms with Crippen LogP contribution in [-0.4, -0.2) is 58.8 Å². The first-order valence-electron chi connectivity index (χ1n) is 11.7. The van der Waals surface area contributed by atoms with E-state index in [1.165, 1.54) is 6.07 Å². The lowest BCUT2D eigenvalue weighted by molar-refractivity contribution is -0.385. The molecule has 0 radical (unpaired) electrons. The van der Waals surface area contributed by atoms with Gasteiger partial charge < -0.3 is 10.2 Å². The number of nitrogens with zero attached hydrogens (tertiary/aromatic N) is 3. The Bertz CT molecular complexity index is 1080. The lowest BCUT2D eigenvalue weighted by Gasteiger charge is -2.40. The highest BCUT2D eigenvalue weighted by molar-refractivity contribution is 6.30. The van der Waals surface area contributed by atoms with Crippen molar-refractivity contribution in [1.82, 2.24) is 9.80 Å². The Kier molecular flexibility index (Phi) is 7.48. The van der Waals surface area contributed by atoms with Gasteiger partial charge in [-0.2, -0.15) is 0 Å². The third-order valence-corrected chi connectivity index (χ3v) is 7.09. The Morgan fingerprint density at radius 2 is 1.79 bits per heavy atom. The van der Waals surface area contributed by atoms with E-state index in [-0.39, 0.29) is 29.5 Å². The highest BCUT2D eigenvalue weighted by Crippen LogP contribution is 2.32. The highest BCUT2D eigenvalue weighted by atomic mass is 35.5. The number of benzene rings is 2. The van der Waals surface area contributed by atoms with Crippen LogP contribution in [0.4, 0.5) is 11.4 Å². The summed E-state index contributed by atoms with van der Waals surface area (Å²) in [6, 6.07) is 11.5. The van der Waals surface area contributed by atoms with Crippen molar-refractivity contribution in [1.29, 1.82) is 0 Å². The van der Waals surface area contributed by atoms with Crippen LogP contribution in [0.1, 0.15) is 41.6 Å². The molecule has 2 aromatic rings. The number of hydrogen-bond acceptors (Lipinski definition) is 5. The van der Waals surface area contributed by atoms with Gasteiger partial charge in [0, 0.05) is 54.1 Å². The number of carbonyl (C=O) groups excluding carboxylic acids is 2. The van der Waals surface area contributed by atoms with E-state index in [1.54, 1.807) is 36.1 Å². The Morgan fingerprint density at radius 3 is 2.44 bits per heavy atom. The SMILES string of the molecule is Cc1ccc(C(=O)N2CCN([C@@H](C(=O)Nc3cccc(Cl)c3)C3CCCC3)CC2)cc1[N+](=O)[O-]. The van der Waals surface area contributed by atoms with Crippen LogP contribution >= 0.6 is 11.6 Å². The first-order chi connectivity index (χ1) is 16.3. The van der Waals surface area contributed by atoms with Crippen LogP contribution < -0.4 is 5.32 Å². The first kappa shape index (κ1) is 24.2. The van der Waals surface area contributed by atoms with Crippen molar-refractivity contribution in [3.63, 3.8) is 0 Å². The zero-order chi connectivity index (χ0) is 24.2. The topological polar surface area (TPSA) is 95.8 Å². The molecule has 34 heavy (non-hydrogen) atoms. The molecule has 180 valence electrons. The van der Waals surface area contributed by atoms with Crippen molar-refractivity contribution in [3.8, 4) is 0 Å². The van der Waals surface area contributed by atoms with Crippen molar-refractivity contribution in [3.05, 3.63) is 68.7 Å². The van der Waals surface area contributed by atoms with Gasteiger partial charge in [-0.05, 0) is 49.9 Å². The van der Waals surface area contributed by atoms with Gasteiger partial charge in [-0.3, -0.25) is 24.6 Å². The smallest absolute Gasteiger partial charge is 0.273 e. The second kappa shape index (κ2) is 10.5. The Balaban J connectivity index is 1.44. The molecule has 8 nitrogen and oxygen atoms in total. The van der Waals surface area contributed by atoms with Gasteiger partial charge in [0.15, 0.2) is 0 Å². The van der Waals surface area contributed by atoms with E-state index in [4.69, 9.17) is 11.6 Å². The summed E-state index contributed by atoms with van der Waals surface area (Å²) in [6.45, 7) is 3.73. The molecule has 2 amide bonds. The molecule has 4 rings (SSSR count). The van der Waals surface area contributed by atoms with Crippen molar-refractivity contribution in [2.45, 2.75) is 38.6 Å². The maximum atomic E-state index is 13.3. The van der Waals surface area contributed by atoms with Gasteiger partial charge in [-0.1, -0.05) is 36.6 Å². The number of amides is 2. The summed E-state index contributed by atoms with van der Waals surface area (Å²) in [5, 5.41) is 14.9. The molecule has 9 heteroatoms. The molecule has 1 aliphatic carbocycles. The first-order valence-corrected chi connectivity index (χ1v) is 12.1. The predicted molar refractivity (Wildman–Crippen MR) is 131 cm³/mol. The average molecular weight is 485 g/mol. The molecule has 2 aliphatic rings. The number of carbonyl (C=O) groups is 2. The Labute approximate surface area is 204 Å². The summed E-state index contributed by atoms with van der Waals surface area (Å²) in [4.78, 5) is 41.0. The molecular formula is C25H29ClN4O4. The van der Waals surface area contributed by atoms with E-state index in [2.05, 4.69) is 10.2 Å². The lowest BCUT2D eigenvalue weighted by Crippen LogP contribution is -2.56. The summed E-state index contributed by atoms with van der Waals surface area (Å²) in [5.74, 6) is 0.0211. The molecule has 0 unspecified atom stereocenters. The van der Waals surface area contributed by atoms with Gasteiger partial charge in [0.05, 0.1) is 11.0 Å². The monoisotopic (exact) mass is 484 g/mol. The minimum absolute atomic E-state index is 0.0388. The fourth-order valence-corrected chi connectivity index (χ4v) is 5.25. The van der Waals surface area contributed by atoms with Crippen LogP contribution in [0, 0.1) is 23.0 Å². The van der Waals surface area contributed by atoms with Gasteiger partial charge >= 0.3 is 0 Å². The molecule has 2 aromatic carbocycles. The van der Waals surface area contributed by atoms with Crippen LogP contribution in [0.3, 0.4) is 0 Å². The van der Waals surface area contributed by atoms with E-state index >= 15 is 0 Å². The van der Waals surface area contributed by atoms with Crippen LogP contribution in [0.25, 0.3) is 0 Å². The van der Waals surface area contributed by atoms with Gasteiger partial charge in [0.2, 0.25) is 5.91 Å². The molecule has 0 spiro atoms. The van der Waals surface area contributed by atoms with Crippen LogP contribution in [0.15, 0.2) is 42.5 Å². The maximum Gasteiger partial charge on any atom is 0.273 e. The Hall–Kier alpha value is -2.97. The molecule has 1 saturated carbocycles. The minimum atomic E-state index is -0.464. The second-order valence-corrected chi connectivity index (χ2v) is 9.51. The molecular weight excluding hydrogens is 456 g/mol. The summed E-state index contributed by atoms with van der Waals surface area (Å²) in [6.07, 6.45) is 4.27. The zero-order valence-corrected chi connectivity index (χ0v) is 20.0. The number of aryl methyl sites for hydroxylation is 1. The van der Waals surface area contributed by atoms with Crippen molar-refractivity contribution < 1.29 is 14.5 Å². The molecule has 1 heterocycles. The largest absolute Gasteiger partial charge is 0.336 e. The minimum Gasteiger partial charge on any atom is -0.336 e. The fourth-order valence-electron chi connectivity index (χ4n) is 5.06. The zero-order valence-electron chi connectivity index (χ0n) is 19.2. The molecule has 0 bridgehead atoms. The van der Waals surface area contributed by atoms with E-state index in [1.807, 2.05) is 12.1 Å².